The van der Waals surface area contributed by atoms with Crippen LogP contribution in [0.3, 0.4) is 0 Å². The van der Waals surface area contributed by atoms with E-state index in [0.717, 1.165) is 42.7 Å². The van der Waals surface area contributed by atoms with Crippen molar-refractivity contribution in [1.82, 2.24) is 20.2 Å². The topological polar surface area (TPSA) is 90.0 Å². The van der Waals surface area contributed by atoms with Gasteiger partial charge in [-0.3, -0.25) is 5.10 Å². The molecule has 3 N–H and O–H groups in total. The summed E-state index contributed by atoms with van der Waals surface area (Å²) in [7, 11) is 1.80. The van der Waals surface area contributed by atoms with Crippen LogP contribution in [-0.4, -0.2) is 51.5 Å². The molecule has 108 valence electrons. The first-order chi connectivity index (χ1) is 9.83. The number of aliphatic hydroxyl groups excluding tert-OH is 1. The Hall–Kier alpha value is -1.89. The number of nitrogens with zero attached hydrogens (tertiary/aromatic N) is 4. The summed E-state index contributed by atoms with van der Waals surface area (Å²) in [5.74, 6) is 1.42. The van der Waals surface area contributed by atoms with Gasteiger partial charge in [-0.15, -0.1) is 0 Å². The van der Waals surface area contributed by atoms with Crippen LogP contribution < -0.4 is 10.2 Å². The Morgan fingerprint density at radius 3 is 3.10 bits per heavy atom. The summed E-state index contributed by atoms with van der Waals surface area (Å²) in [5.41, 5.74) is 0.722. The molecule has 0 aliphatic carbocycles. The number of nitrogens with one attached hydrogen (secondary N) is 2. The average Bonchev–Trinajstić information content (AvgIpc) is 2.82. The van der Waals surface area contributed by atoms with E-state index in [2.05, 4.69) is 30.4 Å². The minimum absolute atomic E-state index is 0.121. The number of fused-ring (bicyclic) bond motifs is 1. The molecule has 1 atom stereocenters. The second-order valence-electron chi connectivity index (χ2n) is 5.13. The van der Waals surface area contributed by atoms with Crippen molar-refractivity contribution < 1.29 is 5.11 Å². The number of rotatable bonds is 3. The molecule has 1 saturated heterocycles. The van der Waals surface area contributed by atoms with Crippen molar-refractivity contribution in [2.45, 2.75) is 31.7 Å². The fourth-order valence-corrected chi connectivity index (χ4v) is 2.80. The number of H-pyrrole nitrogens is 1. The summed E-state index contributed by atoms with van der Waals surface area (Å²) >= 11 is 0. The maximum atomic E-state index is 9.67. The zero-order valence-corrected chi connectivity index (χ0v) is 11.6. The molecule has 1 aliphatic heterocycles. The molecule has 0 amide bonds. The van der Waals surface area contributed by atoms with Gasteiger partial charge in [0.15, 0.2) is 5.65 Å². The molecule has 0 radical (unpaired) electrons. The number of hydrogen-bond donors (Lipinski definition) is 3. The van der Waals surface area contributed by atoms with Crippen molar-refractivity contribution in [3.8, 4) is 0 Å². The highest BCUT2D eigenvalue weighted by molar-refractivity contribution is 5.87. The first-order valence-corrected chi connectivity index (χ1v) is 7.10. The summed E-state index contributed by atoms with van der Waals surface area (Å²) in [6.45, 7) is 1.06. The molecule has 7 heteroatoms. The Morgan fingerprint density at radius 1 is 1.40 bits per heavy atom. The highest BCUT2D eigenvalue weighted by atomic mass is 16.3. The lowest BCUT2D eigenvalue weighted by Gasteiger charge is -2.30. The number of aromatic nitrogens is 4. The van der Waals surface area contributed by atoms with Crippen LogP contribution in [0.4, 0.5) is 11.8 Å². The lowest BCUT2D eigenvalue weighted by molar-refractivity contribution is 0.255. The molecule has 1 fully saturated rings. The molecular weight excluding hydrogens is 256 g/mol. The third-order valence-electron chi connectivity index (χ3n) is 3.87. The van der Waals surface area contributed by atoms with Crippen LogP contribution in [0, 0.1) is 0 Å². The van der Waals surface area contributed by atoms with Gasteiger partial charge in [0.1, 0.15) is 5.82 Å². The molecule has 0 aromatic carbocycles. The molecular formula is C13H20N6O. The summed E-state index contributed by atoms with van der Waals surface area (Å²) < 4.78 is 0. The Balaban J connectivity index is 2.08. The van der Waals surface area contributed by atoms with Crippen molar-refractivity contribution in [3.63, 3.8) is 0 Å². The van der Waals surface area contributed by atoms with Gasteiger partial charge in [-0.2, -0.15) is 15.1 Å². The van der Waals surface area contributed by atoms with Crippen LogP contribution in [0.5, 0.6) is 0 Å². The second kappa shape index (κ2) is 5.62. The molecule has 0 bridgehead atoms. The van der Waals surface area contributed by atoms with E-state index in [1.165, 1.54) is 6.42 Å². The minimum Gasteiger partial charge on any atom is -0.394 e. The van der Waals surface area contributed by atoms with E-state index in [1.54, 1.807) is 13.2 Å². The van der Waals surface area contributed by atoms with Gasteiger partial charge in [-0.1, -0.05) is 12.8 Å². The smallest absolute Gasteiger partial charge is 0.226 e. The zero-order valence-electron chi connectivity index (χ0n) is 11.6. The number of hydrogen-bond acceptors (Lipinski definition) is 6. The van der Waals surface area contributed by atoms with Crippen molar-refractivity contribution in [3.05, 3.63) is 6.20 Å². The van der Waals surface area contributed by atoms with Gasteiger partial charge >= 0.3 is 0 Å². The van der Waals surface area contributed by atoms with E-state index >= 15 is 0 Å². The lowest BCUT2D eigenvalue weighted by Crippen LogP contribution is -2.38. The molecule has 2 aromatic rings. The Morgan fingerprint density at radius 2 is 2.30 bits per heavy atom. The molecule has 0 spiro atoms. The summed E-state index contributed by atoms with van der Waals surface area (Å²) in [6, 6.07) is 0.121. The van der Waals surface area contributed by atoms with E-state index in [0.29, 0.717) is 5.95 Å². The van der Waals surface area contributed by atoms with Crippen molar-refractivity contribution >= 4 is 22.8 Å². The zero-order chi connectivity index (χ0) is 13.9. The van der Waals surface area contributed by atoms with Crippen LogP contribution in [0.25, 0.3) is 11.0 Å². The van der Waals surface area contributed by atoms with E-state index in [-0.39, 0.29) is 12.6 Å². The molecule has 2 aromatic heterocycles. The Labute approximate surface area is 117 Å². The summed E-state index contributed by atoms with van der Waals surface area (Å²) in [6.07, 6.45) is 6.22. The third-order valence-corrected chi connectivity index (χ3v) is 3.87. The standard InChI is InChI=1S/C13H20N6O/c1-14-13-16-11-10(7-15-18-11)12(17-13)19-6-4-2-3-5-9(19)8-20/h7,9,20H,2-6,8H2,1H3,(H2,14,15,16,17,18). The minimum atomic E-state index is 0.121. The van der Waals surface area contributed by atoms with Gasteiger partial charge in [0.2, 0.25) is 5.95 Å². The number of aliphatic hydroxyl groups is 1. The van der Waals surface area contributed by atoms with Gasteiger partial charge in [0, 0.05) is 13.6 Å². The van der Waals surface area contributed by atoms with Crippen LogP contribution in [0.1, 0.15) is 25.7 Å². The van der Waals surface area contributed by atoms with Gasteiger partial charge < -0.3 is 15.3 Å². The monoisotopic (exact) mass is 276 g/mol. The maximum Gasteiger partial charge on any atom is 0.226 e. The summed E-state index contributed by atoms with van der Waals surface area (Å²) in [5, 5.41) is 20.5. The normalized spacial score (nSPS) is 20.1. The fraction of sp³-hybridized carbons (Fsp3) is 0.615. The lowest BCUT2D eigenvalue weighted by atomic mass is 10.1. The third kappa shape index (κ3) is 2.29. The van der Waals surface area contributed by atoms with Crippen LogP contribution in [0.15, 0.2) is 6.20 Å². The average molecular weight is 276 g/mol. The van der Waals surface area contributed by atoms with Gasteiger partial charge in [0.25, 0.3) is 0 Å². The second-order valence-corrected chi connectivity index (χ2v) is 5.13. The summed E-state index contributed by atoms with van der Waals surface area (Å²) in [4.78, 5) is 11.1. The van der Waals surface area contributed by atoms with Gasteiger partial charge in [-0.25, -0.2) is 0 Å². The van der Waals surface area contributed by atoms with Gasteiger partial charge in [-0.05, 0) is 12.8 Å². The van der Waals surface area contributed by atoms with Crippen LogP contribution in [0.2, 0.25) is 0 Å². The molecule has 0 saturated carbocycles. The highest BCUT2D eigenvalue weighted by Gasteiger charge is 2.24. The van der Waals surface area contributed by atoms with Crippen molar-refractivity contribution in [2.75, 3.05) is 30.4 Å². The fourth-order valence-electron chi connectivity index (χ4n) is 2.80. The van der Waals surface area contributed by atoms with Crippen LogP contribution in [-0.2, 0) is 0 Å². The van der Waals surface area contributed by atoms with E-state index in [1.807, 2.05) is 0 Å². The molecule has 7 nitrogen and oxygen atoms in total. The van der Waals surface area contributed by atoms with Crippen LogP contribution >= 0.6 is 0 Å². The van der Waals surface area contributed by atoms with E-state index < -0.39 is 0 Å². The maximum absolute atomic E-state index is 9.67. The predicted molar refractivity (Wildman–Crippen MR) is 77.9 cm³/mol. The van der Waals surface area contributed by atoms with E-state index in [9.17, 15) is 5.11 Å². The number of anilines is 2. The first kappa shape index (κ1) is 13.1. The Bertz CT molecular complexity index is 583. The molecule has 1 aliphatic rings. The largest absolute Gasteiger partial charge is 0.394 e. The molecule has 3 heterocycles. The first-order valence-electron chi connectivity index (χ1n) is 7.10. The molecule has 20 heavy (non-hydrogen) atoms. The van der Waals surface area contributed by atoms with E-state index in [4.69, 9.17) is 0 Å². The molecule has 3 rings (SSSR count). The SMILES string of the molecule is CNc1nc(N2CCCCCC2CO)c2cn[nH]c2n1. The van der Waals surface area contributed by atoms with Crippen molar-refractivity contribution in [2.24, 2.45) is 0 Å². The highest BCUT2D eigenvalue weighted by Crippen LogP contribution is 2.28. The number of aromatic amines is 1. The van der Waals surface area contributed by atoms with Gasteiger partial charge in [0.05, 0.1) is 24.2 Å². The van der Waals surface area contributed by atoms with Crippen molar-refractivity contribution in [1.29, 1.82) is 0 Å². The Kier molecular flexibility index (Phi) is 3.68. The predicted octanol–water partition coefficient (Wildman–Crippen LogP) is 1.14. The molecule has 1 unspecified atom stereocenters. The quantitative estimate of drug-likeness (QED) is 0.779.